The van der Waals surface area contributed by atoms with E-state index >= 15 is 0 Å². The summed E-state index contributed by atoms with van der Waals surface area (Å²) in [5, 5.41) is 16.2. The second kappa shape index (κ2) is 4.88. The predicted molar refractivity (Wildman–Crippen MR) is 59.3 cm³/mol. The molecule has 1 amide bonds. The second-order valence-electron chi connectivity index (χ2n) is 3.31. The maximum absolute atomic E-state index is 11.8. The van der Waals surface area contributed by atoms with Crippen LogP contribution in [-0.4, -0.2) is 31.5 Å². The highest BCUT2D eigenvalue weighted by atomic mass is 35.5. The summed E-state index contributed by atoms with van der Waals surface area (Å²) < 4.78 is 0. The highest BCUT2D eigenvalue weighted by molar-refractivity contribution is 6.29. The molecule has 2 aromatic rings. The van der Waals surface area contributed by atoms with Gasteiger partial charge in [0, 0.05) is 0 Å². The van der Waals surface area contributed by atoms with Crippen LogP contribution in [0.1, 0.15) is 29.3 Å². The van der Waals surface area contributed by atoms with Crippen LogP contribution < -0.4 is 5.32 Å². The predicted octanol–water partition coefficient (Wildman–Crippen LogP) is 0.739. The molecule has 0 aliphatic carbocycles. The van der Waals surface area contributed by atoms with Gasteiger partial charge in [-0.3, -0.25) is 4.79 Å². The summed E-state index contributed by atoms with van der Waals surface area (Å²) in [6.07, 6.45) is 0. The molecule has 0 aromatic carbocycles. The Morgan fingerprint density at radius 1 is 1.53 bits per heavy atom. The van der Waals surface area contributed by atoms with E-state index in [-0.39, 0.29) is 22.8 Å². The lowest BCUT2D eigenvalue weighted by Gasteiger charge is -2.09. The fourth-order valence-corrected chi connectivity index (χ4v) is 1.39. The molecule has 2 N–H and O–H groups in total. The number of carbonyl (C=O) groups is 1. The molecule has 2 rings (SSSR count). The van der Waals surface area contributed by atoms with E-state index in [1.54, 1.807) is 25.1 Å². The van der Waals surface area contributed by atoms with Gasteiger partial charge in [0.1, 0.15) is 10.8 Å². The number of hydrogen-bond donors (Lipinski definition) is 2. The summed E-state index contributed by atoms with van der Waals surface area (Å²) in [6, 6.07) is 4.47. The lowest BCUT2D eigenvalue weighted by atomic mass is 10.3. The average molecular weight is 253 g/mol. The summed E-state index contributed by atoms with van der Waals surface area (Å²) in [5.74, 6) is 0.0604. The van der Waals surface area contributed by atoms with Crippen LogP contribution in [0.3, 0.4) is 0 Å². The van der Waals surface area contributed by atoms with Gasteiger partial charge in [-0.25, -0.2) is 4.98 Å². The van der Waals surface area contributed by atoms with E-state index in [2.05, 4.69) is 30.9 Å². The molecular formula is C9H9ClN6O. The van der Waals surface area contributed by atoms with Gasteiger partial charge < -0.3 is 5.32 Å². The molecule has 0 saturated carbocycles. The van der Waals surface area contributed by atoms with Gasteiger partial charge in [-0.2, -0.15) is 5.21 Å². The number of aromatic nitrogens is 5. The molecule has 1 unspecified atom stereocenters. The van der Waals surface area contributed by atoms with Gasteiger partial charge in [0.05, 0.1) is 6.04 Å². The van der Waals surface area contributed by atoms with Gasteiger partial charge in [0.25, 0.3) is 5.91 Å². The Morgan fingerprint density at radius 3 is 3.00 bits per heavy atom. The first-order valence-electron chi connectivity index (χ1n) is 4.83. The number of tetrazole rings is 1. The van der Waals surface area contributed by atoms with E-state index in [9.17, 15) is 4.79 Å². The highest BCUT2D eigenvalue weighted by Gasteiger charge is 2.15. The molecule has 2 aromatic heterocycles. The molecule has 88 valence electrons. The smallest absolute Gasteiger partial charge is 0.270 e. The number of nitrogens with one attached hydrogen (secondary N) is 2. The van der Waals surface area contributed by atoms with Crippen LogP contribution >= 0.6 is 11.6 Å². The number of carbonyl (C=O) groups excluding carboxylic acids is 1. The van der Waals surface area contributed by atoms with E-state index in [0.717, 1.165) is 0 Å². The van der Waals surface area contributed by atoms with E-state index in [1.165, 1.54) is 0 Å². The average Bonchev–Trinajstić information content (AvgIpc) is 2.82. The quantitative estimate of drug-likeness (QED) is 0.786. The van der Waals surface area contributed by atoms with Crippen LogP contribution in [0.15, 0.2) is 18.2 Å². The van der Waals surface area contributed by atoms with Gasteiger partial charge in [-0.05, 0) is 19.1 Å². The van der Waals surface area contributed by atoms with Crippen molar-refractivity contribution in [2.75, 3.05) is 0 Å². The fourth-order valence-electron chi connectivity index (χ4n) is 1.22. The standard InChI is InChI=1S/C9H9ClN6O/c1-5(8-13-15-16-14-8)11-9(17)6-3-2-4-7(10)12-6/h2-5H,1H3,(H,11,17)(H,13,14,15,16). The summed E-state index contributed by atoms with van der Waals surface area (Å²) in [6.45, 7) is 1.74. The van der Waals surface area contributed by atoms with Gasteiger partial charge >= 0.3 is 0 Å². The Balaban J connectivity index is 2.07. The van der Waals surface area contributed by atoms with E-state index in [4.69, 9.17) is 11.6 Å². The highest BCUT2D eigenvalue weighted by Crippen LogP contribution is 2.08. The molecule has 0 radical (unpaired) electrons. The summed E-state index contributed by atoms with van der Waals surface area (Å²) >= 11 is 5.69. The van der Waals surface area contributed by atoms with Crippen LogP contribution in [0, 0.1) is 0 Å². The minimum Gasteiger partial charge on any atom is -0.341 e. The maximum atomic E-state index is 11.8. The molecule has 0 fully saturated rings. The van der Waals surface area contributed by atoms with Crippen molar-refractivity contribution in [2.24, 2.45) is 0 Å². The third kappa shape index (κ3) is 2.76. The van der Waals surface area contributed by atoms with Gasteiger partial charge in [0.2, 0.25) is 0 Å². The Hall–Kier alpha value is -2.02. The molecule has 1 atom stereocenters. The minimum atomic E-state index is -0.359. The molecule has 0 bridgehead atoms. The zero-order valence-corrected chi connectivity index (χ0v) is 9.64. The van der Waals surface area contributed by atoms with Crippen LogP contribution in [0.5, 0.6) is 0 Å². The van der Waals surface area contributed by atoms with E-state index in [1.807, 2.05) is 0 Å². The van der Waals surface area contributed by atoms with Crippen LogP contribution in [0.25, 0.3) is 0 Å². The monoisotopic (exact) mass is 252 g/mol. The zero-order chi connectivity index (χ0) is 12.3. The zero-order valence-electron chi connectivity index (χ0n) is 8.88. The van der Waals surface area contributed by atoms with Gasteiger partial charge in [-0.1, -0.05) is 22.9 Å². The van der Waals surface area contributed by atoms with E-state index in [0.29, 0.717) is 5.82 Å². The third-order valence-corrected chi connectivity index (χ3v) is 2.25. The van der Waals surface area contributed by atoms with Gasteiger partial charge in [-0.15, -0.1) is 10.2 Å². The van der Waals surface area contributed by atoms with Crippen LogP contribution in [0.2, 0.25) is 5.15 Å². The Morgan fingerprint density at radius 2 is 2.35 bits per heavy atom. The summed E-state index contributed by atoms with van der Waals surface area (Å²) in [7, 11) is 0. The first-order chi connectivity index (χ1) is 8.16. The number of nitrogens with zero attached hydrogens (tertiary/aromatic N) is 4. The summed E-state index contributed by atoms with van der Waals surface area (Å²) in [4.78, 5) is 15.7. The van der Waals surface area contributed by atoms with Crippen molar-refractivity contribution in [3.05, 3.63) is 34.9 Å². The fraction of sp³-hybridized carbons (Fsp3) is 0.222. The normalized spacial score (nSPS) is 12.1. The van der Waals surface area contributed by atoms with Crippen molar-refractivity contribution in [3.8, 4) is 0 Å². The van der Waals surface area contributed by atoms with Gasteiger partial charge in [0.15, 0.2) is 5.82 Å². The maximum Gasteiger partial charge on any atom is 0.270 e. The Bertz CT molecular complexity index is 514. The number of hydrogen-bond acceptors (Lipinski definition) is 5. The number of H-pyrrole nitrogens is 1. The molecule has 0 spiro atoms. The van der Waals surface area contributed by atoms with Crippen LogP contribution in [0.4, 0.5) is 0 Å². The Kier molecular flexibility index (Phi) is 3.29. The summed E-state index contributed by atoms with van der Waals surface area (Å²) in [5.41, 5.74) is 0.243. The largest absolute Gasteiger partial charge is 0.341 e. The lowest BCUT2D eigenvalue weighted by Crippen LogP contribution is -2.28. The van der Waals surface area contributed by atoms with Crippen molar-refractivity contribution in [2.45, 2.75) is 13.0 Å². The molecule has 0 aliphatic rings. The number of rotatable bonds is 3. The number of halogens is 1. The number of pyridine rings is 1. The first-order valence-corrected chi connectivity index (χ1v) is 5.21. The number of aromatic amines is 1. The second-order valence-corrected chi connectivity index (χ2v) is 3.70. The minimum absolute atomic E-state index is 0.243. The molecular weight excluding hydrogens is 244 g/mol. The van der Waals surface area contributed by atoms with Crippen molar-refractivity contribution >= 4 is 17.5 Å². The van der Waals surface area contributed by atoms with Crippen LogP contribution in [-0.2, 0) is 0 Å². The topological polar surface area (TPSA) is 96.5 Å². The van der Waals surface area contributed by atoms with Crippen molar-refractivity contribution < 1.29 is 4.79 Å². The lowest BCUT2D eigenvalue weighted by molar-refractivity contribution is 0.0933. The molecule has 2 heterocycles. The van der Waals surface area contributed by atoms with Crippen molar-refractivity contribution in [1.82, 2.24) is 30.9 Å². The molecule has 7 nitrogen and oxygen atoms in total. The van der Waals surface area contributed by atoms with E-state index < -0.39 is 0 Å². The first kappa shape index (κ1) is 11.5. The number of amides is 1. The molecule has 8 heteroatoms. The van der Waals surface area contributed by atoms with Crippen molar-refractivity contribution in [3.63, 3.8) is 0 Å². The Labute approximate surface area is 102 Å². The van der Waals surface area contributed by atoms with Crippen molar-refractivity contribution in [1.29, 1.82) is 0 Å². The molecule has 0 aliphatic heterocycles. The SMILES string of the molecule is CC(NC(=O)c1cccc(Cl)n1)c1nn[nH]n1. The molecule has 17 heavy (non-hydrogen) atoms. The molecule has 0 saturated heterocycles. The third-order valence-electron chi connectivity index (χ3n) is 2.04.